The van der Waals surface area contributed by atoms with E-state index in [0.717, 1.165) is 28.8 Å². The summed E-state index contributed by atoms with van der Waals surface area (Å²) in [5, 5.41) is 3.39. The van der Waals surface area contributed by atoms with Crippen molar-refractivity contribution in [3.63, 3.8) is 0 Å². The van der Waals surface area contributed by atoms with Gasteiger partial charge in [-0.1, -0.05) is 31.2 Å². The topological polar surface area (TPSA) is 64.6 Å². The number of hydrogen-bond acceptors (Lipinski definition) is 5. The lowest BCUT2D eigenvalue weighted by Gasteiger charge is -2.11. The van der Waals surface area contributed by atoms with Crippen LogP contribution in [0.15, 0.2) is 24.3 Å². The summed E-state index contributed by atoms with van der Waals surface area (Å²) >= 11 is 1.39. The Bertz CT molecular complexity index is 804. The van der Waals surface area contributed by atoms with Crippen LogP contribution in [0, 0.1) is 6.92 Å². The maximum atomic E-state index is 12.5. The molecule has 1 saturated heterocycles. The van der Waals surface area contributed by atoms with Crippen molar-refractivity contribution in [3.8, 4) is 11.1 Å². The molecule has 2 heterocycles. The predicted octanol–water partition coefficient (Wildman–Crippen LogP) is 4.19. The number of carbonyl (C=O) groups excluding carboxylic acids is 2. The second-order valence-electron chi connectivity index (χ2n) is 6.27. The SMILES string of the molecule is CCc1ccc(-c2c(C)sc(NC(=O)C3CCCO3)c2C(=O)OC)cc1. The first-order valence-electron chi connectivity index (χ1n) is 8.78. The van der Waals surface area contributed by atoms with Gasteiger partial charge in [0.05, 0.1) is 7.11 Å². The monoisotopic (exact) mass is 373 g/mol. The molecule has 138 valence electrons. The van der Waals surface area contributed by atoms with E-state index in [1.807, 2.05) is 19.1 Å². The molecule has 1 aliphatic heterocycles. The van der Waals surface area contributed by atoms with Crippen molar-refractivity contribution < 1.29 is 19.1 Å². The van der Waals surface area contributed by atoms with Gasteiger partial charge in [-0.15, -0.1) is 11.3 Å². The summed E-state index contributed by atoms with van der Waals surface area (Å²) in [5.74, 6) is -0.659. The zero-order valence-corrected chi connectivity index (χ0v) is 16.1. The fourth-order valence-electron chi connectivity index (χ4n) is 3.16. The molecule has 6 heteroatoms. The summed E-state index contributed by atoms with van der Waals surface area (Å²) in [6.45, 7) is 4.64. The summed E-state index contributed by atoms with van der Waals surface area (Å²) in [5.41, 5.74) is 3.39. The number of aryl methyl sites for hydroxylation is 2. The molecule has 3 rings (SSSR count). The highest BCUT2D eigenvalue weighted by molar-refractivity contribution is 7.17. The van der Waals surface area contributed by atoms with Gasteiger partial charge in [0.2, 0.25) is 0 Å². The minimum Gasteiger partial charge on any atom is -0.465 e. The van der Waals surface area contributed by atoms with Crippen LogP contribution in [0.2, 0.25) is 0 Å². The predicted molar refractivity (Wildman–Crippen MR) is 103 cm³/mol. The van der Waals surface area contributed by atoms with Gasteiger partial charge in [-0.3, -0.25) is 4.79 Å². The van der Waals surface area contributed by atoms with Crippen LogP contribution in [-0.2, 0) is 20.7 Å². The Hall–Kier alpha value is -2.18. The Morgan fingerprint density at radius 1 is 1.31 bits per heavy atom. The first-order chi connectivity index (χ1) is 12.5. The molecule has 26 heavy (non-hydrogen) atoms. The van der Waals surface area contributed by atoms with Crippen molar-refractivity contribution >= 4 is 28.2 Å². The van der Waals surface area contributed by atoms with Gasteiger partial charge in [0, 0.05) is 17.0 Å². The van der Waals surface area contributed by atoms with Gasteiger partial charge in [-0.2, -0.15) is 0 Å². The lowest BCUT2D eigenvalue weighted by Crippen LogP contribution is -2.27. The summed E-state index contributed by atoms with van der Waals surface area (Å²) in [6.07, 6.45) is 2.08. The van der Waals surface area contributed by atoms with Crippen molar-refractivity contribution in [3.05, 3.63) is 40.3 Å². The minimum absolute atomic E-state index is 0.207. The number of nitrogens with one attached hydrogen (secondary N) is 1. The van der Waals surface area contributed by atoms with Crippen LogP contribution in [0.4, 0.5) is 5.00 Å². The van der Waals surface area contributed by atoms with Crippen LogP contribution in [-0.4, -0.2) is 31.7 Å². The highest BCUT2D eigenvalue weighted by atomic mass is 32.1. The normalized spacial score (nSPS) is 16.5. The van der Waals surface area contributed by atoms with Gasteiger partial charge in [-0.05, 0) is 37.3 Å². The van der Waals surface area contributed by atoms with Crippen molar-refractivity contribution in [2.75, 3.05) is 19.0 Å². The molecule has 1 unspecified atom stereocenters. The van der Waals surface area contributed by atoms with Crippen LogP contribution in [0.3, 0.4) is 0 Å². The van der Waals surface area contributed by atoms with Crippen molar-refractivity contribution in [1.29, 1.82) is 0 Å². The molecular formula is C20H23NO4S. The Kier molecular flexibility index (Phi) is 5.74. The van der Waals surface area contributed by atoms with E-state index in [1.54, 1.807) is 0 Å². The molecule has 1 atom stereocenters. The molecule has 0 aliphatic carbocycles. The molecule has 5 nitrogen and oxygen atoms in total. The molecule has 1 amide bonds. The lowest BCUT2D eigenvalue weighted by molar-refractivity contribution is -0.124. The molecular weight excluding hydrogens is 350 g/mol. The molecule has 1 aliphatic rings. The first-order valence-corrected chi connectivity index (χ1v) is 9.60. The largest absolute Gasteiger partial charge is 0.465 e. The van der Waals surface area contributed by atoms with Gasteiger partial charge >= 0.3 is 5.97 Å². The smallest absolute Gasteiger partial charge is 0.341 e. The van der Waals surface area contributed by atoms with E-state index in [2.05, 4.69) is 24.4 Å². The fraction of sp³-hybridized carbons (Fsp3) is 0.400. The van der Waals surface area contributed by atoms with E-state index in [-0.39, 0.29) is 5.91 Å². The second kappa shape index (κ2) is 8.01. The highest BCUT2D eigenvalue weighted by Gasteiger charge is 2.29. The zero-order valence-electron chi connectivity index (χ0n) is 15.3. The Balaban J connectivity index is 1.99. The van der Waals surface area contributed by atoms with Gasteiger partial charge in [0.1, 0.15) is 16.7 Å². The number of amides is 1. The van der Waals surface area contributed by atoms with Gasteiger partial charge < -0.3 is 14.8 Å². The molecule has 1 aromatic carbocycles. The number of esters is 1. The summed E-state index contributed by atoms with van der Waals surface area (Å²) in [6, 6.07) is 8.12. The number of thiophene rings is 1. The maximum Gasteiger partial charge on any atom is 0.341 e. The number of rotatable bonds is 5. The Morgan fingerprint density at radius 3 is 2.62 bits per heavy atom. The maximum absolute atomic E-state index is 12.5. The molecule has 1 fully saturated rings. The summed E-state index contributed by atoms with van der Waals surface area (Å²) in [7, 11) is 1.35. The first kappa shape index (κ1) is 18.6. The molecule has 1 aromatic heterocycles. The van der Waals surface area contributed by atoms with E-state index in [4.69, 9.17) is 9.47 Å². The molecule has 2 aromatic rings. The van der Waals surface area contributed by atoms with E-state index >= 15 is 0 Å². The number of anilines is 1. The number of methoxy groups -OCH3 is 1. The molecule has 0 saturated carbocycles. The Morgan fingerprint density at radius 2 is 2.04 bits per heavy atom. The third kappa shape index (κ3) is 3.66. The molecule has 0 spiro atoms. The van der Waals surface area contributed by atoms with E-state index in [0.29, 0.717) is 23.6 Å². The summed E-state index contributed by atoms with van der Waals surface area (Å²) in [4.78, 5) is 25.9. The summed E-state index contributed by atoms with van der Waals surface area (Å²) < 4.78 is 10.4. The van der Waals surface area contributed by atoms with Gasteiger partial charge in [0.15, 0.2) is 0 Å². The van der Waals surface area contributed by atoms with Crippen LogP contribution < -0.4 is 5.32 Å². The van der Waals surface area contributed by atoms with E-state index in [9.17, 15) is 9.59 Å². The highest BCUT2D eigenvalue weighted by Crippen LogP contribution is 2.40. The van der Waals surface area contributed by atoms with Crippen LogP contribution in [0.5, 0.6) is 0 Å². The third-order valence-electron chi connectivity index (χ3n) is 4.58. The van der Waals surface area contributed by atoms with Crippen molar-refractivity contribution in [2.45, 2.75) is 39.2 Å². The van der Waals surface area contributed by atoms with E-state index in [1.165, 1.54) is 24.0 Å². The quantitative estimate of drug-likeness (QED) is 0.798. The number of ether oxygens (including phenoxy) is 2. The van der Waals surface area contributed by atoms with Crippen molar-refractivity contribution in [2.24, 2.45) is 0 Å². The lowest BCUT2D eigenvalue weighted by atomic mass is 9.99. The number of hydrogen-bond donors (Lipinski definition) is 1. The molecule has 0 radical (unpaired) electrons. The Labute approximate surface area is 157 Å². The van der Waals surface area contributed by atoms with Gasteiger partial charge in [-0.25, -0.2) is 4.79 Å². The minimum atomic E-state index is -0.452. The third-order valence-corrected chi connectivity index (χ3v) is 5.60. The molecule has 0 bridgehead atoms. The average Bonchev–Trinajstić information content (AvgIpc) is 3.29. The number of carbonyl (C=O) groups is 2. The number of benzene rings is 1. The van der Waals surface area contributed by atoms with Crippen LogP contribution in [0.25, 0.3) is 11.1 Å². The van der Waals surface area contributed by atoms with E-state index < -0.39 is 12.1 Å². The second-order valence-corrected chi connectivity index (χ2v) is 7.50. The van der Waals surface area contributed by atoms with Crippen molar-refractivity contribution in [1.82, 2.24) is 0 Å². The standard InChI is InChI=1S/C20H23NO4S/c1-4-13-7-9-14(10-8-13)16-12(2)26-19(17(16)20(23)24-3)21-18(22)15-6-5-11-25-15/h7-10,15H,4-6,11H2,1-3H3,(H,21,22). The fourth-order valence-corrected chi connectivity index (χ4v) is 4.23. The molecule has 1 N–H and O–H groups in total. The zero-order chi connectivity index (χ0) is 18.7. The van der Waals surface area contributed by atoms with Crippen LogP contribution >= 0.6 is 11.3 Å². The van der Waals surface area contributed by atoms with Gasteiger partial charge in [0.25, 0.3) is 5.91 Å². The van der Waals surface area contributed by atoms with Crippen LogP contribution in [0.1, 0.15) is 40.6 Å². The average molecular weight is 373 g/mol.